The van der Waals surface area contributed by atoms with Crippen molar-refractivity contribution in [2.24, 2.45) is 0 Å². The third-order valence-corrected chi connectivity index (χ3v) is 2.15. The molecule has 0 radical (unpaired) electrons. The van der Waals surface area contributed by atoms with Gasteiger partial charge in [0.25, 0.3) is 0 Å². The molecule has 60 valence electrons. The quantitative estimate of drug-likeness (QED) is 0.709. The summed E-state index contributed by atoms with van der Waals surface area (Å²) >= 11 is 0. The van der Waals surface area contributed by atoms with Crippen LogP contribution in [-0.2, 0) is 6.54 Å². The van der Waals surface area contributed by atoms with Crippen LogP contribution >= 0.6 is 0 Å². The Morgan fingerprint density at radius 1 is 1.64 bits per heavy atom. The Bertz CT molecular complexity index is 204. The molecule has 1 aromatic rings. The normalized spacial score (nSPS) is 18.2. The van der Waals surface area contributed by atoms with Gasteiger partial charge in [-0.15, -0.1) is 0 Å². The molecular weight excluding hydrogens is 140 g/mol. The first kappa shape index (κ1) is 6.85. The second-order valence-electron chi connectivity index (χ2n) is 2.98. The van der Waals surface area contributed by atoms with Crippen LogP contribution in [0.1, 0.15) is 25.0 Å². The fraction of sp³-hybridized carbons (Fsp3) is 0.625. The zero-order chi connectivity index (χ0) is 7.52. The van der Waals surface area contributed by atoms with Crippen LogP contribution in [0.15, 0.2) is 17.0 Å². The number of nitrogens with one attached hydrogen (secondary N) is 1. The van der Waals surface area contributed by atoms with Crippen LogP contribution in [0.25, 0.3) is 0 Å². The summed E-state index contributed by atoms with van der Waals surface area (Å²) in [7, 11) is 0. The molecule has 0 aliphatic heterocycles. The van der Waals surface area contributed by atoms with Gasteiger partial charge in [-0.2, -0.15) is 0 Å². The molecule has 0 spiro atoms. The van der Waals surface area contributed by atoms with Crippen LogP contribution in [0.3, 0.4) is 0 Å². The lowest BCUT2D eigenvalue weighted by molar-refractivity contribution is 0.325. The fourth-order valence-electron chi connectivity index (χ4n) is 1.19. The summed E-state index contributed by atoms with van der Waals surface area (Å²) in [6.45, 7) is 0.824. The molecule has 0 saturated heterocycles. The molecule has 1 aliphatic carbocycles. The van der Waals surface area contributed by atoms with Gasteiger partial charge in [-0.1, -0.05) is 6.42 Å². The summed E-state index contributed by atoms with van der Waals surface area (Å²) in [5, 5.41) is 3.39. The minimum absolute atomic E-state index is 0.722. The van der Waals surface area contributed by atoms with Crippen molar-refractivity contribution in [3.63, 3.8) is 0 Å². The molecule has 11 heavy (non-hydrogen) atoms. The van der Waals surface area contributed by atoms with Gasteiger partial charge in [0.2, 0.25) is 0 Å². The molecule has 0 atom stereocenters. The van der Waals surface area contributed by atoms with Gasteiger partial charge in [0.1, 0.15) is 5.76 Å². The molecule has 1 aromatic heterocycles. The molecule has 2 rings (SSSR count). The van der Waals surface area contributed by atoms with E-state index in [2.05, 4.69) is 10.3 Å². The molecule has 0 unspecified atom stereocenters. The zero-order valence-corrected chi connectivity index (χ0v) is 6.42. The van der Waals surface area contributed by atoms with Gasteiger partial charge in [-0.3, -0.25) is 0 Å². The van der Waals surface area contributed by atoms with Crippen molar-refractivity contribution in [1.82, 2.24) is 10.3 Å². The minimum atomic E-state index is 0.722. The van der Waals surface area contributed by atoms with Gasteiger partial charge in [0.15, 0.2) is 6.39 Å². The second kappa shape index (κ2) is 3.05. The highest BCUT2D eigenvalue weighted by Crippen LogP contribution is 2.18. The smallest absolute Gasteiger partial charge is 0.180 e. The third kappa shape index (κ3) is 1.60. The molecule has 1 N–H and O–H groups in total. The van der Waals surface area contributed by atoms with E-state index in [1.54, 1.807) is 6.20 Å². The molecule has 3 heteroatoms. The van der Waals surface area contributed by atoms with Gasteiger partial charge in [0.05, 0.1) is 12.7 Å². The summed E-state index contributed by atoms with van der Waals surface area (Å²) < 4.78 is 5.08. The first-order valence-corrected chi connectivity index (χ1v) is 4.06. The monoisotopic (exact) mass is 152 g/mol. The zero-order valence-electron chi connectivity index (χ0n) is 6.42. The lowest BCUT2D eigenvalue weighted by Crippen LogP contribution is -2.34. The fourth-order valence-corrected chi connectivity index (χ4v) is 1.19. The Hall–Kier alpha value is -0.830. The van der Waals surface area contributed by atoms with E-state index in [9.17, 15) is 0 Å². The van der Waals surface area contributed by atoms with Gasteiger partial charge >= 0.3 is 0 Å². The molecule has 1 fully saturated rings. The average Bonchev–Trinajstić information content (AvgIpc) is 2.36. The Kier molecular flexibility index (Phi) is 1.90. The standard InChI is InChI=1S/C8H12N2O/c1-2-7(3-1)10-5-8-4-9-6-11-8/h4,6-7,10H,1-3,5H2. The maximum Gasteiger partial charge on any atom is 0.180 e. The van der Waals surface area contributed by atoms with Crippen molar-refractivity contribution in [3.05, 3.63) is 18.4 Å². The van der Waals surface area contributed by atoms with Crippen molar-refractivity contribution in [2.75, 3.05) is 0 Å². The Morgan fingerprint density at radius 2 is 2.55 bits per heavy atom. The number of rotatable bonds is 3. The molecule has 1 saturated carbocycles. The summed E-state index contributed by atoms with van der Waals surface area (Å²) in [4.78, 5) is 3.84. The predicted octanol–water partition coefficient (Wildman–Crippen LogP) is 1.32. The van der Waals surface area contributed by atoms with Crippen molar-refractivity contribution >= 4 is 0 Å². The maximum absolute atomic E-state index is 5.08. The lowest BCUT2D eigenvalue weighted by atomic mass is 9.93. The van der Waals surface area contributed by atoms with E-state index < -0.39 is 0 Å². The SMILES string of the molecule is c1ncc(CNC2CCC2)o1. The van der Waals surface area contributed by atoms with Crippen LogP contribution in [0, 0.1) is 0 Å². The minimum Gasteiger partial charge on any atom is -0.447 e. The van der Waals surface area contributed by atoms with Gasteiger partial charge in [0, 0.05) is 6.04 Å². The van der Waals surface area contributed by atoms with Crippen molar-refractivity contribution in [3.8, 4) is 0 Å². The maximum atomic E-state index is 5.08. The molecule has 1 aliphatic rings. The van der Waals surface area contributed by atoms with Crippen molar-refractivity contribution < 1.29 is 4.42 Å². The lowest BCUT2D eigenvalue weighted by Gasteiger charge is -2.25. The Balaban J connectivity index is 1.74. The summed E-state index contributed by atoms with van der Waals surface area (Å²) in [5.41, 5.74) is 0. The Labute approximate surface area is 65.8 Å². The first-order valence-electron chi connectivity index (χ1n) is 4.06. The third-order valence-electron chi connectivity index (χ3n) is 2.15. The topological polar surface area (TPSA) is 38.1 Å². The molecule has 3 nitrogen and oxygen atoms in total. The van der Waals surface area contributed by atoms with E-state index in [1.807, 2.05) is 0 Å². The van der Waals surface area contributed by atoms with Crippen LogP contribution in [0.5, 0.6) is 0 Å². The molecular formula is C8H12N2O. The van der Waals surface area contributed by atoms with Crippen LogP contribution in [0.2, 0.25) is 0 Å². The highest BCUT2D eigenvalue weighted by Gasteiger charge is 2.16. The highest BCUT2D eigenvalue weighted by atomic mass is 16.3. The number of hydrogen-bond donors (Lipinski definition) is 1. The van der Waals surface area contributed by atoms with E-state index in [-0.39, 0.29) is 0 Å². The summed E-state index contributed by atoms with van der Waals surface area (Å²) in [6, 6.07) is 0.722. The van der Waals surface area contributed by atoms with E-state index in [0.29, 0.717) is 0 Å². The molecule has 0 bridgehead atoms. The number of hydrogen-bond acceptors (Lipinski definition) is 3. The number of aromatic nitrogens is 1. The van der Waals surface area contributed by atoms with Crippen molar-refractivity contribution in [1.29, 1.82) is 0 Å². The highest BCUT2D eigenvalue weighted by molar-refractivity contribution is 4.89. The molecule has 0 amide bonds. The largest absolute Gasteiger partial charge is 0.447 e. The molecule has 0 aromatic carbocycles. The van der Waals surface area contributed by atoms with E-state index in [1.165, 1.54) is 25.7 Å². The van der Waals surface area contributed by atoms with Crippen molar-refractivity contribution in [2.45, 2.75) is 31.8 Å². The summed E-state index contributed by atoms with van der Waals surface area (Å²) in [6.07, 6.45) is 7.22. The average molecular weight is 152 g/mol. The predicted molar refractivity (Wildman–Crippen MR) is 41.0 cm³/mol. The first-order chi connectivity index (χ1) is 5.45. The van der Waals surface area contributed by atoms with E-state index in [0.717, 1.165) is 18.3 Å². The number of oxazole rings is 1. The van der Waals surface area contributed by atoms with Gasteiger partial charge in [-0.25, -0.2) is 4.98 Å². The second-order valence-corrected chi connectivity index (χ2v) is 2.98. The van der Waals surface area contributed by atoms with Crippen LogP contribution < -0.4 is 5.32 Å². The van der Waals surface area contributed by atoms with Gasteiger partial charge in [-0.05, 0) is 12.8 Å². The van der Waals surface area contributed by atoms with Crippen LogP contribution in [-0.4, -0.2) is 11.0 Å². The molecule has 1 heterocycles. The van der Waals surface area contributed by atoms with E-state index >= 15 is 0 Å². The summed E-state index contributed by atoms with van der Waals surface area (Å²) in [5.74, 6) is 0.928. The van der Waals surface area contributed by atoms with Crippen LogP contribution in [0.4, 0.5) is 0 Å². The van der Waals surface area contributed by atoms with E-state index in [4.69, 9.17) is 4.42 Å². The Morgan fingerprint density at radius 3 is 3.09 bits per heavy atom. The number of nitrogens with zero attached hydrogens (tertiary/aromatic N) is 1. The van der Waals surface area contributed by atoms with Gasteiger partial charge < -0.3 is 9.73 Å².